The van der Waals surface area contributed by atoms with Gasteiger partial charge in [0.05, 0.1) is 11.3 Å². The molecule has 0 amide bonds. The van der Waals surface area contributed by atoms with Crippen LogP contribution in [0, 0.1) is 11.9 Å². The average Bonchev–Trinajstić information content (AvgIpc) is 2.55. The Hall–Kier alpha value is -1.64. The standard InChI is InChI=1S/C12H15FN2/c1-5-7-9(8(3)4)11-10(6-2)14-15-12(11)13/h5-8H,1-2H2,3-4H3,(H,14,15)/b9-7-. The second-order valence-corrected chi connectivity index (χ2v) is 3.51. The number of hydrogen-bond acceptors (Lipinski definition) is 1. The first-order valence-electron chi connectivity index (χ1n) is 4.81. The summed E-state index contributed by atoms with van der Waals surface area (Å²) >= 11 is 0. The van der Waals surface area contributed by atoms with Gasteiger partial charge in [0.15, 0.2) is 0 Å². The highest BCUT2D eigenvalue weighted by Gasteiger charge is 2.17. The summed E-state index contributed by atoms with van der Waals surface area (Å²) in [5.74, 6) is -0.222. The Morgan fingerprint density at radius 1 is 1.47 bits per heavy atom. The highest BCUT2D eigenvalue weighted by atomic mass is 19.1. The quantitative estimate of drug-likeness (QED) is 0.751. The number of aromatic nitrogens is 2. The van der Waals surface area contributed by atoms with E-state index >= 15 is 0 Å². The Labute approximate surface area is 89.2 Å². The van der Waals surface area contributed by atoms with Crippen molar-refractivity contribution in [3.63, 3.8) is 0 Å². The first-order valence-corrected chi connectivity index (χ1v) is 4.81. The average molecular weight is 206 g/mol. The summed E-state index contributed by atoms with van der Waals surface area (Å²) < 4.78 is 13.5. The first-order chi connectivity index (χ1) is 7.11. The minimum Gasteiger partial charge on any atom is -0.252 e. The normalized spacial score (nSPS) is 11.9. The number of H-pyrrole nitrogens is 1. The number of nitrogens with one attached hydrogen (secondary N) is 1. The lowest BCUT2D eigenvalue weighted by Gasteiger charge is -2.09. The van der Waals surface area contributed by atoms with Crippen LogP contribution in [-0.2, 0) is 0 Å². The van der Waals surface area contributed by atoms with Gasteiger partial charge < -0.3 is 0 Å². The number of nitrogens with zero attached hydrogens (tertiary/aromatic N) is 1. The van der Waals surface area contributed by atoms with Crippen molar-refractivity contribution in [2.45, 2.75) is 13.8 Å². The summed E-state index contributed by atoms with van der Waals surface area (Å²) in [6.45, 7) is 11.2. The molecule has 0 bridgehead atoms. The fraction of sp³-hybridized carbons (Fsp3) is 0.250. The molecule has 1 N–H and O–H groups in total. The number of hydrogen-bond donors (Lipinski definition) is 1. The second kappa shape index (κ2) is 4.73. The van der Waals surface area contributed by atoms with Crippen LogP contribution in [-0.4, -0.2) is 10.2 Å². The van der Waals surface area contributed by atoms with Crippen LogP contribution in [0.5, 0.6) is 0 Å². The van der Waals surface area contributed by atoms with E-state index in [1.807, 2.05) is 13.8 Å². The van der Waals surface area contributed by atoms with Gasteiger partial charge in [0.2, 0.25) is 5.95 Å². The van der Waals surface area contributed by atoms with E-state index in [1.54, 1.807) is 12.2 Å². The zero-order chi connectivity index (χ0) is 11.4. The van der Waals surface area contributed by atoms with Crippen molar-refractivity contribution in [1.82, 2.24) is 10.2 Å². The third-order valence-corrected chi connectivity index (χ3v) is 2.15. The SMILES string of the molecule is C=C/C=C(\c1c(C=C)n[nH]c1F)C(C)C. The number of rotatable bonds is 4. The minimum absolute atomic E-state index is 0.203. The smallest absolute Gasteiger partial charge is 0.217 e. The van der Waals surface area contributed by atoms with Crippen LogP contribution >= 0.6 is 0 Å². The zero-order valence-corrected chi connectivity index (χ0v) is 9.05. The van der Waals surface area contributed by atoms with Crippen LogP contribution in [0.2, 0.25) is 0 Å². The van der Waals surface area contributed by atoms with Crippen LogP contribution in [0.15, 0.2) is 25.3 Å². The highest BCUT2D eigenvalue weighted by molar-refractivity contribution is 5.74. The molecule has 80 valence electrons. The van der Waals surface area contributed by atoms with Crippen molar-refractivity contribution in [1.29, 1.82) is 0 Å². The zero-order valence-electron chi connectivity index (χ0n) is 9.05. The molecule has 0 atom stereocenters. The minimum atomic E-state index is -0.424. The largest absolute Gasteiger partial charge is 0.252 e. The third-order valence-electron chi connectivity index (χ3n) is 2.15. The maximum atomic E-state index is 13.5. The molecule has 0 fully saturated rings. The lowest BCUT2D eigenvalue weighted by Crippen LogP contribution is -1.96. The predicted octanol–water partition coefficient (Wildman–Crippen LogP) is 3.42. The Morgan fingerprint density at radius 3 is 2.60 bits per heavy atom. The molecule has 1 aromatic heterocycles. The molecule has 0 saturated carbocycles. The van der Waals surface area contributed by atoms with Gasteiger partial charge in [-0.2, -0.15) is 9.49 Å². The molecular formula is C12H15FN2. The van der Waals surface area contributed by atoms with E-state index in [0.717, 1.165) is 5.57 Å². The van der Waals surface area contributed by atoms with Crippen LogP contribution in [0.4, 0.5) is 4.39 Å². The molecule has 0 aliphatic heterocycles. The molecule has 0 spiro atoms. The van der Waals surface area contributed by atoms with Gasteiger partial charge in [0.25, 0.3) is 0 Å². The van der Waals surface area contributed by atoms with Crippen molar-refractivity contribution in [2.24, 2.45) is 5.92 Å². The van der Waals surface area contributed by atoms with Gasteiger partial charge in [-0.25, -0.2) is 0 Å². The van der Waals surface area contributed by atoms with Gasteiger partial charge in [-0.05, 0) is 17.6 Å². The summed E-state index contributed by atoms with van der Waals surface area (Å²) in [7, 11) is 0. The summed E-state index contributed by atoms with van der Waals surface area (Å²) in [4.78, 5) is 0. The van der Waals surface area contributed by atoms with Gasteiger partial charge >= 0.3 is 0 Å². The molecule has 0 unspecified atom stereocenters. The Bertz CT molecular complexity index is 400. The van der Waals surface area contributed by atoms with Crippen molar-refractivity contribution >= 4 is 11.6 Å². The summed E-state index contributed by atoms with van der Waals surface area (Å²) in [5.41, 5.74) is 1.89. The number of aromatic amines is 1. The molecule has 0 aliphatic carbocycles. The van der Waals surface area contributed by atoms with Gasteiger partial charge in [-0.3, -0.25) is 5.10 Å². The van der Waals surface area contributed by atoms with Gasteiger partial charge in [-0.15, -0.1) is 0 Å². The highest BCUT2D eigenvalue weighted by Crippen LogP contribution is 2.27. The monoisotopic (exact) mass is 206 g/mol. The van der Waals surface area contributed by atoms with E-state index in [2.05, 4.69) is 23.4 Å². The Kier molecular flexibility index (Phi) is 3.61. The molecule has 0 radical (unpaired) electrons. The molecule has 0 aliphatic rings. The molecule has 0 aromatic carbocycles. The topological polar surface area (TPSA) is 28.7 Å². The molecular weight excluding hydrogens is 191 g/mol. The van der Waals surface area contributed by atoms with E-state index in [9.17, 15) is 4.39 Å². The molecule has 15 heavy (non-hydrogen) atoms. The van der Waals surface area contributed by atoms with Crippen molar-refractivity contribution < 1.29 is 4.39 Å². The van der Waals surface area contributed by atoms with E-state index in [0.29, 0.717) is 11.3 Å². The van der Waals surface area contributed by atoms with Crippen molar-refractivity contribution in [3.05, 3.63) is 42.5 Å². The number of allylic oxidation sites excluding steroid dienone is 3. The lowest BCUT2D eigenvalue weighted by atomic mass is 9.95. The second-order valence-electron chi connectivity index (χ2n) is 3.51. The Balaban J connectivity index is 3.33. The number of halogens is 1. The van der Waals surface area contributed by atoms with E-state index < -0.39 is 5.95 Å². The third kappa shape index (κ3) is 2.24. The van der Waals surface area contributed by atoms with E-state index in [-0.39, 0.29) is 5.92 Å². The van der Waals surface area contributed by atoms with E-state index in [4.69, 9.17) is 0 Å². The van der Waals surface area contributed by atoms with Crippen LogP contribution in [0.25, 0.3) is 11.6 Å². The molecule has 1 rings (SSSR count). The molecule has 1 aromatic rings. The first kappa shape index (κ1) is 11.4. The van der Waals surface area contributed by atoms with Crippen LogP contribution in [0.3, 0.4) is 0 Å². The van der Waals surface area contributed by atoms with Crippen molar-refractivity contribution in [2.75, 3.05) is 0 Å². The Morgan fingerprint density at radius 2 is 2.13 bits per heavy atom. The summed E-state index contributed by atoms with van der Waals surface area (Å²) in [5, 5.41) is 6.15. The molecule has 0 saturated heterocycles. The fourth-order valence-electron chi connectivity index (χ4n) is 1.45. The lowest BCUT2D eigenvalue weighted by molar-refractivity contribution is 0.574. The van der Waals surface area contributed by atoms with Crippen molar-refractivity contribution in [3.8, 4) is 0 Å². The van der Waals surface area contributed by atoms with Gasteiger partial charge in [0.1, 0.15) is 0 Å². The fourth-order valence-corrected chi connectivity index (χ4v) is 1.45. The van der Waals surface area contributed by atoms with Crippen LogP contribution < -0.4 is 0 Å². The summed E-state index contributed by atoms with van der Waals surface area (Å²) in [6, 6.07) is 0. The predicted molar refractivity (Wildman–Crippen MR) is 61.6 cm³/mol. The maximum absolute atomic E-state index is 13.5. The molecule has 1 heterocycles. The molecule has 3 heteroatoms. The van der Waals surface area contributed by atoms with Crippen LogP contribution in [0.1, 0.15) is 25.1 Å². The van der Waals surface area contributed by atoms with E-state index in [1.165, 1.54) is 6.08 Å². The van der Waals surface area contributed by atoms with Gasteiger partial charge in [0, 0.05) is 0 Å². The maximum Gasteiger partial charge on any atom is 0.217 e. The summed E-state index contributed by atoms with van der Waals surface area (Å²) in [6.07, 6.45) is 4.98. The molecule has 2 nitrogen and oxygen atoms in total. The van der Waals surface area contributed by atoms with Gasteiger partial charge in [-0.1, -0.05) is 39.2 Å².